The molecule has 106 valence electrons. The predicted molar refractivity (Wildman–Crippen MR) is 83.9 cm³/mol. The van der Waals surface area contributed by atoms with Crippen LogP contribution < -0.4 is 10.1 Å². The van der Waals surface area contributed by atoms with Crippen molar-refractivity contribution in [1.29, 1.82) is 0 Å². The second kappa shape index (κ2) is 6.97. The second-order valence-corrected chi connectivity index (χ2v) is 6.98. The van der Waals surface area contributed by atoms with Gasteiger partial charge in [0.05, 0.1) is 12.7 Å². The maximum atomic E-state index is 10.4. The third-order valence-corrected chi connectivity index (χ3v) is 5.21. The maximum Gasteiger partial charge on any atom is 0.119 e. The van der Waals surface area contributed by atoms with Crippen LogP contribution in [0.15, 0.2) is 22.7 Å². The molecule has 1 aliphatic heterocycles. The summed E-state index contributed by atoms with van der Waals surface area (Å²) in [5.74, 6) is 2.97. The van der Waals surface area contributed by atoms with Gasteiger partial charge in [-0.1, -0.05) is 15.9 Å². The first-order valence-electron chi connectivity index (χ1n) is 6.46. The van der Waals surface area contributed by atoms with Crippen LogP contribution in [-0.2, 0) is 6.54 Å². The van der Waals surface area contributed by atoms with E-state index < -0.39 is 5.60 Å². The molecule has 1 aliphatic rings. The molecule has 2 N–H and O–H groups in total. The van der Waals surface area contributed by atoms with Gasteiger partial charge in [-0.15, -0.1) is 0 Å². The largest absolute Gasteiger partial charge is 0.497 e. The van der Waals surface area contributed by atoms with E-state index in [1.54, 1.807) is 7.11 Å². The lowest BCUT2D eigenvalue weighted by atomic mass is 9.97. The molecule has 1 aromatic carbocycles. The van der Waals surface area contributed by atoms with Crippen molar-refractivity contribution in [1.82, 2.24) is 5.32 Å². The highest BCUT2D eigenvalue weighted by atomic mass is 79.9. The predicted octanol–water partition coefficient (Wildman–Crippen LogP) is 2.81. The fourth-order valence-corrected chi connectivity index (χ4v) is 3.81. The van der Waals surface area contributed by atoms with Crippen molar-refractivity contribution in [3.8, 4) is 5.75 Å². The van der Waals surface area contributed by atoms with Crippen molar-refractivity contribution in [2.24, 2.45) is 0 Å². The Morgan fingerprint density at radius 2 is 2.16 bits per heavy atom. The van der Waals surface area contributed by atoms with Gasteiger partial charge in [0.1, 0.15) is 5.75 Å². The van der Waals surface area contributed by atoms with Gasteiger partial charge in [-0.25, -0.2) is 0 Å². The standard InChI is InChI=1S/C14H20BrNO2S/c1-18-12-2-3-13(15)11(8-12)9-16-10-14(17)4-6-19-7-5-14/h2-3,8,16-17H,4-7,9-10H2,1H3. The number of halogens is 1. The van der Waals surface area contributed by atoms with E-state index in [0.717, 1.165) is 46.7 Å². The van der Waals surface area contributed by atoms with Crippen molar-refractivity contribution in [3.05, 3.63) is 28.2 Å². The first-order chi connectivity index (χ1) is 9.13. The molecule has 0 aliphatic carbocycles. The van der Waals surface area contributed by atoms with Gasteiger partial charge in [-0.2, -0.15) is 11.8 Å². The molecule has 0 radical (unpaired) electrons. The van der Waals surface area contributed by atoms with Crippen LogP contribution in [0.4, 0.5) is 0 Å². The van der Waals surface area contributed by atoms with Gasteiger partial charge in [0.25, 0.3) is 0 Å². The molecule has 1 heterocycles. The van der Waals surface area contributed by atoms with Gasteiger partial charge >= 0.3 is 0 Å². The van der Waals surface area contributed by atoms with E-state index >= 15 is 0 Å². The monoisotopic (exact) mass is 345 g/mol. The number of thioether (sulfide) groups is 1. The molecule has 0 aromatic heterocycles. The third-order valence-electron chi connectivity index (χ3n) is 3.45. The summed E-state index contributed by atoms with van der Waals surface area (Å²) in [6, 6.07) is 5.93. The number of hydrogen-bond donors (Lipinski definition) is 2. The van der Waals surface area contributed by atoms with Gasteiger partial charge in [0.15, 0.2) is 0 Å². The van der Waals surface area contributed by atoms with Crippen molar-refractivity contribution in [3.63, 3.8) is 0 Å². The van der Waals surface area contributed by atoms with Crippen LogP contribution in [0.3, 0.4) is 0 Å². The maximum absolute atomic E-state index is 10.4. The minimum absolute atomic E-state index is 0.531. The van der Waals surface area contributed by atoms with E-state index in [1.807, 2.05) is 30.0 Å². The molecule has 0 spiro atoms. The van der Waals surface area contributed by atoms with Gasteiger partial charge < -0.3 is 15.2 Å². The van der Waals surface area contributed by atoms with Gasteiger partial charge in [-0.3, -0.25) is 0 Å². The fraction of sp³-hybridized carbons (Fsp3) is 0.571. The van der Waals surface area contributed by atoms with E-state index in [2.05, 4.69) is 21.2 Å². The van der Waals surface area contributed by atoms with E-state index in [9.17, 15) is 5.11 Å². The second-order valence-electron chi connectivity index (χ2n) is 4.90. The lowest BCUT2D eigenvalue weighted by Crippen LogP contribution is -2.43. The summed E-state index contributed by atoms with van der Waals surface area (Å²) < 4.78 is 6.29. The van der Waals surface area contributed by atoms with Crippen LogP contribution in [0.25, 0.3) is 0 Å². The highest BCUT2D eigenvalue weighted by molar-refractivity contribution is 9.10. The Hall–Kier alpha value is -0.230. The van der Waals surface area contributed by atoms with Crippen LogP contribution in [0, 0.1) is 0 Å². The van der Waals surface area contributed by atoms with Crippen molar-refractivity contribution in [2.75, 3.05) is 25.2 Å². The average molecular weight is 346 g/mol. The van der Waals surface area contributed by atoms with Crippen LogP contribution in [0.1, 0.15) is 18.4 Å². The van der Waals surface area contributed by atoms with Gasteiger partial charge in [-0.05, 0) is 48.1 Å². The third kappa shape index (κ3) is 4.38. The SMILES string of the molecule is COc1ccc(Br)c(CNCC2(O)CCSCC2)c1. The molecule has 3 nitrogen and oxygen atoms in total. The van der Waals surface area contributed by atoms with Crippen molar-refractivity contribution in [2.45, 2.75) is 25.0 Å². The van der Waals surface area contributed by atoms with E-state index in [-0.39, 0.29) is 0 Å². The normalized spacial score (nSPS) is 18.3. The molecule has 1 aromatic rings. The number of hydrogen-bond acceptors (Lipinski definition) is 4. The van der Waals surface area contributed by atoms with Crippen LogP contribution in [0.5, 0.6) is 5.75 Å². The van der Waals surface area contributed by atoms with Crippen LogP contribution >= 0.6 is 27.7 Å². The summed E-state index contributed by atoms with van der Waals surface area (Å²) >= 11 is 5.46. The van der Waals surface area contributed by atoms with Crippen LogP contribution in [-0.4, -0.2) is 35.9 Å². The lowest BCUT2D eigenvalue weighted by Gasteiger charge is -2.32. The summed E-state index contributed by atoms with van der Waals surface area (Å²) in [4.78, 5) is 0. The quantitative estimate of drug-likeness (QED) is 0.860. The Morgan fingerprint density at radius 3 is 2.84 bits per heavy atom. The molecular formula is C14H20BrNO2S. The molecular weight excluding hydrogens is 326 g/mol. The number of nitrogens with one attached hydrogen (secondary N) is 1. The number of aliphatic hydroxyl groups is 1. The van der Waals surface area contributed by atoms with Crippen molar-refractivity contribution >= 4 is 27.7 Å². The Morgan fingerprint density at radius 1 is 1.42 bits per heavy atom. The minimum Gasteiger partial charge on any atom is -0.497 e. The number of ether oxygens (including phenoxy) is 1. The molecule has 0 saturated carbocycles. The van der Waals surface area contributed by atoms with Crippen molar-refractivity contribution < 1.29 is 9.84 Å². The highest BCUT2D eigenvalue weighted by Crippen LogP contribution is 2.27. The zero-order valence-corrected chi connectivity index (χ0v) is 13.5. The fourth-order valence-electron chi connectivity index (χ4n) is 2.17. The summed E-state index contributed by atoms with van der Waals surface area (Å²) in [6.07, 6.45) is 1.76. The number of methoxy groups -OCH3 is 1. The molecule has 1 fully saturated rings. The molecule has 0 bridgehead atoms. The van der Waals surface area contributed by atoms with Gasteiger partial charge in [0, 0.05) is 17.6 Å². The number of benzene rings is 1. The molecule has 0 unspecified atom stereocenters. The summed E-state index contributed by atoms with van der Waals surface area (Å²) in [7, 11) is 1.67. The Bertz CT molecular complexity index is 422. The lowest BCUT2D eigenvalue weighted by molar-refractivity contribution is 0.0320. The molecule has 1 saturated heterocycles. The summed E-state index contributed by atoms with van der Waals surface area (Å²) in [5.41, 5.74) is 0.615. The minimum atomic E-state index is -0.531. The van der Waals surface area contributed by atoms with E-state index in [1.165, 1.54) is 0 Å². The molecule has 19 heavy (non-hydrogen) atoms. The average Bonchev–Trinajstić information content (AvgIpc) is 2.41. The Balaban J connectivity index is 1.88. The summed E-state index contributed by atoms with van der Waals surface area (Å²) in [5, 5.41) is 13.8. The number of rotatable bonds is 5. The molecule has 0 amide bonds. The first kappa shape index (κ1) is 15.2. The smallest absolute Gasteiger partial charge is 0.119 e. The first-order valence-corrected chi connectivity index (χ1v) is 8.41. The Kier molecular flexibility index (Phi) is 5.57. The van der Waals surface area contributed by atoms with E-state index in [4.69, 9.17) is 4.74 Å². The summed E-state index contributed by atoms with van der Waals surface area (Å²) in [6.45, 7) is 1.38. The van der Waals surface area contributed by atoms with Gasteiger partial charge in [0.2, 0.25) is 0 Å². The zero-order valence-electron chi connectivity index (χ0n) is 11.1. The highest BCUT2D eigenvalue weighted by Gasteiger charge is 2.28. The van der Waals surface area contributed by atoms with E-state index in [0.29, 0.717) is 6.54 Å². The topological polar surface area (TPSA) is 41.5 Å². The Labute approximate surface area is 127 Å². The molecule has 5 heteroatoms. The molecule has 0 atom stereocenters. The zero-order chi connectivity index (χ0) is 13.7. The molecule has 2 rings (SSSR count). The van der Waals surface area contributed by atoms with Crippen LogP contribution in [0.2, 0.25) is 0 Å².